The number of aliphatic carboxylic acids is 1. The highest BCUT2D eigenvalue weighted by Crippen LogP contribution is 2.18. The van der Waals surface area contributed by atoms with Gasteiger partial charge < -0.3 is 10.4 Å². The number of rotatable bonds is 7. The number of carbonyl (C=O) groups is 2. The Labute approximate surface area is 124 Å². The van der Waals surface area contributed by atoms with Crippen LogP contribution in [0.3, 0.4) is 0 Å². The fourth-order valence-electron chi connectivity index (χ4n) is 1.87. The minimum Gasteiger partial charge on any atom is -0.479 e. The molecule has 0 radical (unpaired) electrons. The number of hydrogen-bond donors (Lipinski definition) is 2. The predicted molar refractivity (Wildman–Crippen MR) is 78.7 cm³/mol. The Bertz CT molecular complexity index is 459. The summed E-state index contributed by atoms with van der Waals surface area (Å²) in [7, 11) is 0. The molecule has 2 unspecified atom stereocenters. The van der Waals surface area contributed by atoms with Crippen LogP contribution < -0.4 is 5.32 Å². The second kappa shape index (κ2) is 7.90. The Hall–Kier alpha value is -1.55. The molecule has 0 saturated carbocycles. The first-order valence-electron chi connectivity index (χ1n) is 6.74. The van der Waals surface area contributed by atoms with E-state index in [9.17, 15) is 14.7 Å². The van der Waals surface area contributed by atoms with Crippen molar-refractivity contribution in [3.63, 3.8) is 0 Å². The van der Waals surface area contributed by atoms with Gasteiger partial charge in [-0.05, 0) is 24.1 Å². The third-order valence-corrected chi connectivity index (χ3v) is 3.43. The molecule has 0 heterocycles. The van der Waals surface area contributed by atoms with Crippen LogP contribution in [0.2, 0.25) is 5.02 Å². The molecule has 0 fully saturated rings. The van der Waals surface area contributed by atoms with Crippen molar-refractivity contribution in [1.82, 2.24) is 5.32 Å². The lowest BCUT2D eigenvalue weighted by Gasteiger charge is -2.18. The molecule has 0 aliphatic rings. The molecule has 1 aromatic carbocycles. The SMILES string of the molecule is CCCCC(C)C(=O)NC(C(=O)O)c1ccc(Cl)cc1. The van der Waals surface area contributed by atoms with Crippen molar-refractivity contribution >= 4 is 23.5 Å². The highest BCUT2D eigenvalue weighted by Gasteiger charge is 2.24. The number of carbonyl (C=O) groups excluding carboxylic acids is 1. The van der Waals surface area contributed by atoms with Crippen molar-refractivity contribution < 1.29 is 14.7 Å². The van der Waals surface area contributed by atoms with Crippen molar-refractivity contribution in [1.29, 1.82) is 0 Å². The molecule has 1 aromatic rings. The van der Waals surface area contributed by atoms with Gasteiger partial charge in [-0.15, -0.1) is 0 Å². The lowest BCUT2D eigenvalue weighted by Crippen LogP contribution is -2.37. The molecule has 2 atom stereocenters. The quantitative estimate of drug-likeness (QED) is 0.810. The average Bonchev–Trinajstić information content (AvgIpc) is 2.42. The van der Waals surface area contributed by atoms with Crippen molar-refractivity contribution in [3.8, 4) is 0 Å². The second-order valence-corrected chi connectivity index (χ2v) is 5.31. The molecule has 5 heteroatoms. The molecular weight excluding hydrogens is 278 g/mol. The Morgan fingerprint density at radius 2 is 1.90 bits per heavy atom. The maximum absolute atomic E-state index is 12.0. The minimum atomic E-state index is -1.08. The maximum Gasteiger partial charge on any atom is 0.330 e. The van der Waals surface area contributed by atoms with Crippen LogP contribution in [-0.4, -0.2) is 17.0 Å². The smallest absolute Gasteiger partial charge is 0.330 e. The van der Waals surface area contributed by atoms with Gasteiger partial charge in [0.05, 0.1) is 0 Å². The first-order chi connectivity index (χ1) is 9.45. The van der Waals surface area contributed by atoms with Crippen LogP contribution in [0.4, 0.5) is 0 Å². The maximum atomic E-state index is 12.0. The monoisotopic (exact) mass is 297 g/mol. The van der Waals surface area contributed by atoms with Gasteiger partial charge in [-0.1, -0.05) is 50.4 Å². The summed E-state index contributed by atoms with van der Waals surface area (Å²) in [5.41, 5.74) is 0.512. The summed E-state index contributed by atoms with van der Waals surface area (Å²) >= 11 is 5.77. The number of hydrogen-bond acceptors (Lipinski definition) is 2. The molecule has 0 aliphatic heterocycles. The number of carboxylic acid groups (broad SMARTS) is 1. The summed E-state index contributed by atoms with van der Waals surface area (Å²) < 4.78 is 0. The zero-order valence-corrected chi connectivity index (χ0v) is 12.5. The molecular formula is C15H20ClNO3. The van der Waals surface area contributed by atoms with E-state index in [2.05, 4.69) is 12.2 Å². The molecule has 0 saturated heterocycles. The Morgan fingerprint density at radius 1 is 1.30 bits per heavy atom. The van der Waals surface area contributed by atoms with E-state index in [1.54, 1.807) is 24.3 Å². The molecule has 20 heavy (non-hydrogen) atoms. The van der Waals surface area contributed by atoms with Gasteiger partial charge >= 0.3 is 5.97 Å². The van der Waals surface area contributed by atoms with E-state index in [0.29, 0.717) is 10.6 Å². The third-order valence-electron chi connectivity index (χ3n) is 3.18. The van der Waals surface area contributed by atoms with E-state index < -0.39 is 12.0 Å². The van der Waals surface area contributed by atoms with Gasteiger partial charge in [0.1, 0.15) is 0 Å². The first kappa shape index (κ1) is 16.5. The van der Waals surface area contributed by atoms with E-state index in [0.717, 1.165) is 19.3 Å². The van der Waals surface area contributed by atoms with E-state index in [-0.39, 0.29) is 11.8 Å². The molecule has 0 spiro atoms. The Kier molecular flexibility index (Phi) is 6.52. The zero-order chi connectivity index (χ0) is 15.1. The predicted octanol–water partition coefficient (Wildman–Crippen LogP) is 3.41. The van der Waals surface area contributed by atoms with Crippen molar-refractivity contribution in [2.75, 3.05) is 0 Å². The van der Waals surface area contributed by atoms with Gasteiger partial charge in [-0.3, -0.25) is 4.79 Å². The van der Waals surface area contributed by atoms with E-state index in [4.69, 9.17) is 11.6 Å². The van der Waals surface area contributed by atoms with Gasteiger partial charge in [0.15, 0.2) is 6.04 Å². The largest absolute Gasteiger partial charge is 0.479 e. The van der Waals surface area contributed by atoms with E-state index in [1.165, 1.54) is 0 Å². The Balaban J connectivity index is 2.75. The third kappa shape index (κ3) is 4.85. The molecule has 0 bridgehead atoms. The number of nitrogens with one attached hydrogen (secondary N) is 1. The number of amides is 1. The fourth-order valence-corrected chi connectivity index (χ4v) is 1.99. The van der Waals surface area contributed by atoms with E-state index >= 15 is 0 Å². The zero-order valence-electron chi connectivity index (χ0n) is 11.7. The average molecular weight is 298 g/mol. The van der Waals surface area contributed by atoms with Crippen LogP contribution in [0.15, 0.2) is 24.3 Å². The highest BCUT2D eigenvalue weighted by molar-refractivity contribution is 6.30. The summed E-state index contributed by atoms with van der Waals surface area (Å²) in [6.07, 6.45) is 2.72. The summed E-state index contributed by atoms with van der Waals surface area (Å²) in [5.74, 6) is -1.51. The van der Waals surface area contributed by atoms with Gasteiger partial charge in [0.25, 0.3) is 0 Å². The molecule has 1 rings (SSSR count). The fraction of sp³-hybridized carbons (Fsp3) is 0.467. The second-order valence-electron chi connectivity index (χ2n) is 4.87. The topological polar surface area (TPSA) is 66.4 Å². The summed E-state index contributed by atoms with van der Waals surface area (Å²) in [4.78, 5) is 23.3. The first-order valence-corrected chi connectivity index (χ1v) is 7.12. The summed E-state index contributed by atoms with van der Waals surface area (Å²) in [5, 5.41) is 12.4. The number of benzene rings is 1. The van der Waals surface area contributed by atoms with Crippen LogP contribution in [0.25, 0.3) is 0 Å². The lowest BCUT2D eigenvalue weighted by atomic mass is 10.0. The molecule has 4 nitrogen and oxygen atoms in total. The van der Waals surface area contributed by atoms with Crippen molar-refractivity contribution in [2.45, 2.75) is 39.2 Å². The number of carboxylic acids is 1. The van der Waals surface area contributed by atoms with Gasteiger partial charge in [-0.2, -0.15) is 0 Å². The van der Waals surface area contributed by atoms with Crippen LogP contribution in [-0.2, 0) is 9.59 Å². The lowest BCUT2D eigenvalue weighted by molar-refractivity contribution is -0.142. The van der Waals surface area contributed by atoms with Gasteiger partial charge in [0, 0.05) is 10.9 Å². The van der Waals surface area contributed by atoms with Crippen LogP contribution >= 0.6 is 11.6 Å². The normalized spacial score (nSPS) is 13.6. The standard InChI is InChI=1S/C15H20ClNO3/c1-3-4-5-10(2)14(18)17-13(15(19)20)11-6-8-12(16)9-7-11/h6-10,13H,3-5H2,1-2H3,(H,17,18)(H,19,20). The number of halogens is 1. The van der Waals surface area contributed by atoms with Crippen LogP contribution in [0.1, 0.15) is 44.7 Å². The molecule has 0 aromatic heterocycles. The van der Waals surface area contributed by atoms with Crippen LogP contribution in [0.5, 0.6) is 0 Å². The summed E-state index contributed by atoms with van der Waals surface area (Å²) in [6.45, 7) is 3.87. The van der Waals surface area contributed by atoms with Gasteiger partial charge in [0.2, 0.25) is 5.91 Å². The van der Waals surface area contributed by atoms with Crippen molar-refractivity contribution in [2.24, 2.45) is 5.92 Å². The Morgan fingerprint density at radius 3 is 2.40 bits per heavy atom. The molecule has 0 aliphatic carbocycles. The van der Waals surface area contributed by atoms with Crippen LogP contribution in [0, 0.1) is 5.92 Å². The van der Waals surface area contributed by atoms with Crippen molar-refractivity contribution in [3.05, 3.63) is 34.9 Å². The minimum absolute atomic E-state index is 0.191. The summed E-state index contributed by atoms with van der Waals surface area (Å²) in [6, 6.07) is 5.40. The van der Waals surface area contributed by atoms with Gasteiger partial charge in [-0.25, -0.2) is 4.79 Å². The molecule has 1 amide bonds. The molecule has 110 valence electrons. The van der Waals surface area contributed by atoms with E-state index in [1.807, 2.05) is 6.92 Å². The highest BCUT2D eigenvalue weighted by atomic mass is 35.5. The number of unbranched alkanes of at least 4 members (excludes halogenated alkanes) is 1. The molecule has 2 N–H and O–H groups in total.